The molecule has 0 aliphatic heterocycles. The van der Waals surface area contributed by atoms with Gasteiger partial charge in [0.15, 0.2) is 0 Å². The molecular formula is C17H17N3O2. The van der Waals surface area contributed by atoms with Crippen molar-refractivity contribution < 1.29 is 9.84 Å². The number of nitrogens with zero attached hydrogens (tertiary/aromatic N) is 3. The van der Waals surface area contributed by atoms with Crippen molar-refractivity contribution in [3.05, 3.63) is 60.4 Å². The van der Waals surface area contributed by atoms with Crippen molar-refractivity contribution in [1.29, 1.82) is 0 Å². The fraction of sp³-hybridized carbons (Fsp3) is 0.176. The molecule has 0 bridgehead atoms. The standard InChI is InChI=1S/C17H17N3O2/c1-2-10-22-11-9-13-7-8-17(21)16(12-13)20-18-14-5-3-4-6-15(14)19-20/h2-8,10,12,21H,9,11H2,1H3. The third-order valence-electron chi connectivity index (χ3n) is 3.28. The van der Waals surface area contributed by atoms with Crippen molar-refractivity contribution in [1.82, 2.24) is 15.0 Å². The number of hydrogen-bond donors (Lipinski definition) is 1. The molecule has 0 atom stereocenters. The van der Waals surface area contributed by atoms with Gasteiger partial charge in [-0.05, 0) is 36.8 Å². The molecule has 0 saturated heterocycles. The summed E-state index contributed by atoms with van der Waals surface area (Å²) in [5.74, 6) is 0.151. The van der Waals surface area contributed by atoms with Gasteiger partial charge in [-0.3, -0.25) is 0 Å². The van der Waals surface area contributed by atoms with E-state index in [0.717, 1.165) is 23.0 Å². The molecule has 0 radical (unpaired) electrons. The van der Waals surface area contributed by atoms with Gasteiger partial charge in [-0.25, -0.2) is 0 Å². The quantitative estimate of drug-likeness (QED) is 0.580. The van der Waals surface area contributed by atoms with Crippen molar-refractivity contribution in [2.45, 2.75) is 13.3 Å². The molecule has 22 heavy (non-hydrogen) atoms. The Morgan fingerprint density at radius 3 is 2.55 bits per heavy atom. The first-order valence-corrected chi connectivity index (χ1v) is 7.15. The van der Waals surface area contributed by atoms with Gasteiger partial charge in [0.25, 0.3) is 0 Å². The van der Waals surface area contributed by atoms with Gasteiger partial charge in [0.05, 0.1) is 12.9 Å². The number of aromatic hydroxyl groups is 1. The maximum Gasteiger partial charge on any atom is 0.143 e. The Labute approximate surface area is 128 Å². The molecule has 1 aromatic heterocycles. The first kappa shape index (κ1) is 14.1. The van der Waals surface area contributed by atoms with Crippen molar-refractivity contribution in [2.24, 2.45) is 0 Å². The van der Waals surface area contributed by atoms with E-state index in [4.69, 9.17) is 4.74 Å². The number of fused-ring (bicyclic) bond motifs is 1. The van der Waals surface area contributed by atoms with Gasteiger partial charge in [-0.15, -0.1) is 15.0 Å². The Morgan fingerprint density at radius 2 is 1.86 bits per heavy atom. The molecule has 2 aromatic carbocycles. The third-order valence-corrected chi connectivity index (χ3v) is 3.28. The van der Waals surface area contributed by atoms with Gasteiger partial charge in [0, 0.05) is 6.42 Å². The van der Waals surface area contributed by atoms with Gasteiger partial charge in [-0.1, -0.05) is 24.3 Å². The average Bonchev–Trinajstić information content (AvgIpc) is 2.97. The van der Waals surface area contributed by atoms with Crippen LogP contribution in [-0.2, 0) is 11.2 Å². The van der Waals surface area contributed by atoms with Gasteiger partial charge in [0.1, 0.15) is 22.5 Å². The Balaban J connectivity index is 1.88. The Hall–Kier alpha value is -2.82. The van der Waals surface area contributed by atoms with E-state index in [9.17, 15) is 5.11 Å². The van der Waals surface area contributed by atoms with Crippen LogP contribution in [0, 0.1) is 0 Å². The molecule has 5 heteroatoms. The number of phenols is 1. The smallest absolute Gasteiger partial charge is 0.143 e. The lowest BCUT2D eigenvalue weighted by Crippen LogP contribution is -2.01. The molecule has 0 fully saturated rings. The van der Waals surface area contributed by atoms with E-state index in [1.807, 2.05) is 49.4 Å². The molecule has 0 spiro atoms. The summed E-state index contributed by atoms with van der Waals surface area (Å²) in [6, 6.07) is 13.0. The first-order chi connectivity index (χ1) is 10.8. The minimum atomic E-state index is 0.151. The molecule has 3 rings (SSSR count). The fourth-order valence-corrected chi connectivity index (χ4v) is 2.19. The van der Waals surface area contributed by atoms with Crippen LogP contribution in [0.4, 0.5) is 0 Å². The summed E-state index contributed by atoms with van der Waals surface area (Å²) < 4.78 is 5.33. The molecule has 0 aliphatic rings. The van der Waals surface area contributed by atoms with E-state index in [1.165, 1.54) is 4.80 Å². The zero-order valence-corrected chi connectivity index (χ0v) is 12.3. The number of hydrogen-bond acceptors (Lipinski definition) is 4. The fourth-order valence-electron chi connectivity index (χ4n) is 2.19. The lowest BCUT2D eigenvalue weighted by atomic mass is 10.1. The topological polar surface area (TPSA) is 60.2 Å². The van der Waals surface area contributed by atoms with Crippen LogP contribution in [-0.4, -0.2) is 26.7 Å². The van der Waals surface area contributed by atoms with E-state index < -0.39 is 0 Å². The molecule has 112 valence electrons. The highest BCUT2D eigenvalue weighted by Crippen LogP contribution is 2.23. The molecule has 3 aromatic rings. The maximum atomic E-state index is 10.1. The Kier molecular flexibility index (Phi) is 4.05. The zero-order valence-electron chi connectivity index (χ0n) is 12.3. The summed E-state index contributed by atoms with van der Waals surface area (Å²) >= 11 is 0. The Morgan fingerprint density at radius 1 is 1.14 bits per heavy atom. The average molecular weight is 295 g/mol. The van der Waals surface area contributed by atoms with Crippen LogP contribution in [0.1, 0.15) is 12.5 Å². The Bertz CT molecular complexity index is 776. The second-order valence-electron chi connectivity index (χ2n) is 4.89. The summed E-state index contributed by atoms with van der Waals surface area (Å²) in [5.41, 5.74) is 3.21. The SMILES string of the molecule is CC=COCCc1ccc(O)c(-n2nc3ccccc3n2)c1. The minimum Gasteiger partial charge on any atom is -0.506 e. The second kappa shape index (κ2) is 6.30. The van der Waals surface area contributed by atoms with Crippen LogP contribution in [0.5, 0.6) is 5.75 Å². The van der Waals surface area contributed by atoms with Crippen LogP contribution >= 0.6 is 0 Å². The molecule has 1 N–H and O–H groups in total. The molecular weight excluding hydrogens is 278 g/mol. The lowest BCUT2D eigenvalue weighted by Gasteiger charge is -2.07. The highest BCUT2D eigenvalue weighted by molar-refractivity contribution is 5.73. The number of rotatable bonds is 5. The highest BCUT2D eigenvalue weighted by atomic mass is 16.5. The van der Waals surface area contributed by atoms with Crippen molar-refractivity contribution >= 4 is 11.0 Å². The van der Waals surface area contributed by atoms with Crippen molar-refractivity contribution in [3.8, 4) is 11.4 Å². The van der Waals surface area contributed by atoms with E-state index >= 15 is 0 Å². The molecule has 5 nitrogen and oxygen atoms in total. The van der Waals surface area contributed by atoms with Gasteiger partial charge in [-0.2, -0.15) is 0 Å². The summed E-state index contributed by atoms with van der Waals surface area (Å²) in [6.07, 6.45) is 4.27. The van der Waals surface area contributed by atoms with Crippen LogP contribution < -0.4 is 0 Å². The summed E-state index contributed by atoms with van der Waals surface area (Å²) in [5, 5.41) is 18.9. The third kappa shape index (κ3) is 2.93. The van der Waals surface area contributed by atoms with E-state index in [1.54, 1.807) is 12.3 Å². The van der Waals surface area contributed by atoms with E-state index in [-0.39, 0.29) is 5.75 Å². The van der Waals surface area contributed by atoms with Gasteiger partial charge in [0.2, 0.25) is 0 Å². The second-order valence-corrected chi connectivity index (χ2v) is 4.89. The maximum absolute atomic E-state index is 10.1. The monoisotopic (exact) mass is 295 g/mol. The van der Waals surface area contributed by atoms with Gasteiger partial charge < -0.3 is 9.84 Å². The summed E-state index contributed by atoms with van der Waals surface area (Å²) in [6.45, 7) is 2.50. The zero-order chi connectivity index (χ0) is 15.4. The number of benzene rings is 2. The number of aromatic nitrogens is 3. The van der Waals surface area contributed by atoms with Crippen molar-refractivity contribution in [2.75, 3.05) is 6.61 Å². The number of phenolic OH excluding ortho intramolecular Hbond substituents is 1. The van der Waals surface area contributed by atoms with Gasteiger partial charge >= 0.3 is 0 Å². The van der Waals surface area contributed by atoms with Crippen molar-refractivity contribution in [3.63, 3.8) is 0 Å². The first-order valence-electron chi connectivity index (χ1n) is 7.15. The van der Waals surface area contributed by atoms with Crippen LogP contribution in [0.25, 0.3) is 16.7 Å². The lowest BCUT2D eigenvalue weighted by molar-refractivity contribution is 0.253. The highest BCUT2D eigenvalue weighted by Gasteiger charge is 2.09. The molecule has 0 aliphatic carbocycles. The minimum absolute atomic E-state index is 0.151. The van der Waals surface area contributed by atoms with E-state index in [0.29, 0.717) is 12.3 Å². The molecule has 1 heterocycles. The molecule has 0 unspecified atom stereocenters. The number of allylic oxidation sites excluding steroid dienone is 1. The predicted molar refractivity (Wildman–Crippen MR) is 85.0 cm³/mol. The van der Waals surface area contributed by atoms with Crippen LogP contribution in [0.15, 0.2) is 54.8 Å². The van der Waals surface area contributed by atoms with Crippen LogP contribution in [0.3, 0.4) is 0 Å². The predicted octanol–water partition coefficient (Wildman–Crippen LogP) is 3.22. The summed E-state index contributed by atoms with van der Waals surface area (Å²) in [4.78, 5) is 1.47. The molecule has 0 saturated carbocycles. The summed E-state index contributed by atoms with van der Waals surface area (Å²) in [7, 11) is 0. The molecule has 0 amide bonds. The normalized spacial score (nSPS) is 11.3. The van der Waals surface area contributed by atoms with Crippen LogP contribution in [0.2, 0.25) is 0 Å². The van der Waals surface area contributed by atoms with E-state index in [2.05, 4.69) is 10.2 Å². The largest absolute Gasteiger partial charge is 0.506 e. The number of ether oxygens (including phenoxy) is 1.